The first-order valence-electron chi connectivity index (χ1n) is 11.3. The van der Waals surface area contributed by atoms with Crippen molar-refractivity contribution in [1.82, 2.24) is 0 Å². The minimum atomic E-state index is -0.630. The van der Waals surface area contributed by atoms with Crippen LogP contribution < -0.4 is 0 Å². The fraction of sp³-hybridized carbons (Fsp3) is 1.00. The Morgan fingerprint density at radius 2 is 0.545 bits per heavy atom. The summed E-state index contributed by atoms with van der Waals surface area (Å²) in [4.78, 5) is 0. The van der Waals surface area contributed by atoms with E-state index >= 15 is 0 Å². The maximum absolute atomic E-state index is 9.20. The Balaban J connectivity index is -0.000000105. The van der Waals surface area contributed by atoms with Gasteiger partial charge < -0.3 is 39.4 Å². The molecule has 8 nitrogen and oxygen atoms in total. The largest absolute Gasteiger partial charge is 0.388 e. The number of methoxy groups -OCH3 is 4. The van der Waals surface area contributed by atoms with E-state index in [-0.39, 0.29) is 21.7 Å². The topological polar surface area (TPSA) is 118 Å². The maximum Gasteiger partial charge on any atom is 0.0849 e. The number of hydrogen-bond acceptors (Lipinski definition) is 8. The molecule has 0 aliphatic rings. The van der Waals surface area contributed by atoms with Crippen molar-refractivity contribution in [1.29, 1.82) is 0 Å². The van der Waals surface area contributed by atoms with Gasteiger partial charge in [-0.15, -0.1) is 0 Å². The van der Waals surface area contributed by atoms with E-state index in [4.69, 9.17) is 18.9 Å². The standard InChI is InChI=1S/4C6H14O2.Ti/c4*1-4-6(2,7)5-8-3;/h4*7H,4-5H2,1-3H3;. The van der Waals surface area contributed by atoms with Gasteiger partial charge in [0.15, 0.2) is 0 Å². The molecule has 33 heavy (non-hydrogen) atoms. The van der Waals surface area contributed by atoms with Crippen LogP contribution in [0, 0.1) is 0 Å². The molecule has 0 saturated carbocycles. The molecule has 0 aromatic carbocycles. The van der Waals surface area contributed by atoms with Crippen LogP contribution in [0.2, 0.25) is 0 Å². The molecule has 9 heteroatoms. The van der Waals surface area contributed by atoms with Crippen LogP contribution in [-0.4, -0.2) is 97.7 Å². The van der Waals surface area contributed by atoms with E-state index in [1.54, 1.807) is 56.1 Å². The average molecular weight is 521 g/mol. The van der Waals surface area contributed by atoms with E-state index in [1.165, 1.54) is 0 Å². The molecular formula is C24H56O8Ti. The molecule has 0 aromatic heterocycles. The van der Waals surface area contributed by atoms with Gasteiger partial charge in [0, 0.05) is 50.2 Å². The Hall–Kier alpha value is 0.394. The Bertz CT molecular complexity index is 317. The number of aliphatic hydroxyl groups is 4. The third-order valence-corrected chi connectivity index (χ3v) is 4.87. The van der Waals surface area contributed by atoms with Gasteiger partial charge in [-0.25, -0.2) is 0 Å². The first-order chi connectivity index (χ1) is 14.5. The second-order valence-electron chi connectivity index (χ2n) is 9.13. The zero-order valence-electron chi connectivity index (χ0n) is 23.6. The molecule has 0 aliphatic heterocycles. The first kappa shape index (κ1) is 43.5. The van der Waals surface area contributed by atoms with Crippen LogP contribution in [0.4, 0.5) is 0 Å². The molecule has 0 radical (unpaired) electrons. The Kier molecular flexibility index (Phi) is 31.7. The molecule has 0 fully saturated rings. The van der Waals surface area contributed by atoms with Crippen LogP contribution in [0.3, 0.4) is 0 Å². The summed E-state index contributed by atoms with van der Waals surface area (Å²) in [7, 11) is 6.35. The molecule has 4 unspecified atom stereocenters. The molecule has 0 rings (SSSR count). The van der Waals surface area contributed by atoms with Crippen molar-refractivity contribution in [3.05, 3.63) is 0 Å². The molecule has 0 spiro atoms. The molecule has 4 N–H and O–H groups in total. The van der Waals surface area contributed by atoms with E-state index in [0.717, 1.165) is 25.7 Å². The van der Waals surface area contributed by atoms with Crippen LogP contribution in [0.15, 0.2) is 0 Å². The molecule has 0 aliphatic carbocycles. The third kappa shape index (κ3) is 37.1. The minimum absolute atomic E-state index is 0. The summed E-state index contributed by atoms with van der Waals surface area (Å²) in [6.45, 7) is 16.4. The molecule has 204 valence electrons. The van der Waals surface area contributed by atoms with Gasteiger partial charge in [-0.05, 0) is 53.4 Å². The zero-order chi connectivity index (χ0) is 26.5. The van der Waals surface area contributed by atoms with Crippen molar-refractivity contribution in [3.63, 3.8) is 0 Å². The van der Waals surface area contributed by atoms with Crippen LogP contribution in [0.1, 0.15) is 81.1 Å². The second kappa shape index (κ2) is 24.1. The summed E-state index contributed by atoms with van der Waals surface area (Å²) in [5, 5.41) is 36.8. The van der Waals surface area contributed by atoms with Gasteiger partial charge in [-0.3, -0.25) is 0 Å². The maximum atomic E-state index is 9.20. The SMILES string of the molecule is CCC(C)(O)COC.CCC(C)(O)COC.CCC(C)(O)COC.CCC(C)(O)COC.[Ti]. The van der Waals surface area contributed by atoms with Gasteiger partial charge in [-0.1, -0.05) is 27.7 Å². The summed E-state index contributed by atoms with van der Waals surface area (Å²) in [5.41, 5.74) is -2.52. The Morgan fingerprint density at radius 1 is 0.424 bits per heavy atom. The Morgan fingerprint density at radius 3 is 0.576 bits per heavy atom. The monoisotopic (exact) mass is 520 g/mol. The van der Waals surface area contributed by atoms with Gasteiger partial charge in [0.2, 0.25) is 0 Å². The number of ether oxygens (including phenoxy) is 4. The van der Waals surface area contributed by atoms with Crippen molar-refractivity contribution >= 4 is 0 Å². The van der Waals surface area contributed by atoms with Gasteiger partial charge in [-0.2, -0.15) is 0 Å². The number of hydrogen-bond donors (Lipinski definition) is 4. The predicted octanol–water partition coefficient (Wildman–Crippen LogP) is 3.17. The van der Waals surface area contributed by atoms with Gasteiger partial charge in [0.25, 0.3) is 0 Å². The normalized spacial score (nSPS) is 17.5. The number of rotatable bonds is 12. The van der Waals surface area contributed by atoms with Crippen LogP contribution in [0.5, 0.6) is 0 Å². The summed E-state index contributed by atoms with van der Waals surface area (Å²) in [5.74, 6) is 0. The first-order valence-corrected chi connectivity index (χ1v) is 11.3. The van der Waals surface area contributed by atoms with Crippen molar-refractivity contribution in [3.8, 4) is 0 Å². The smallest absolute Gasteiger partial charge is 0.0849 e. The van der Waals surface area contributed by atoms with Crippen LogP contribution >= 0.6 is 0 Å². The fourth-order valence-electron chi connectivity index (χ4n) is 1.65. The zero-order valence-corrected chi connectivity index (χ0v) is 25.1. The van der Waals surface area contributed by atoms with Crippen LogP contribution in [0.25, 0.3) is 0 Å². The molecule has 4 atom stereocenters. The van der Waals surface area contributed by atoms with Crippen molar-refractivity contribution < 1.29 is 61.1 Å². The van der Waals surface area contributed by atoms with E-state index in [0.29, 0.717) is 26.4 Å². The van der Waals surface area contributed by atoms with E-state index in [1.807, 2.05) is 27.7 Å². The summed E-state index contributed by atoms with van der Waals surface area (Å²) in [6, 6.07) is 0. The minimum Gasteiger partial charge on any atom is -0.388 e. The van der Waals surface area contributed by atoms with Gasteiger partial charge >= 0.3 is 0 Å². The van der Waals surface area contributed by atoms with Crippen molar-refractivity contribution in [2.45, 2.75) is 103 Å². The average Bonchev–Trinajstić information content (AvgIpc) is 2.69. The van der Waals surface area contributed by atoms with E-state index < -0.39 is 22.4 Å². The summed E-state index contributed by atoms with van der Waals surface area (Å²) in [6.07, 6.45) is 2.95. The molecular weight excluding hydrogens is 464 g/mol. The van der Waals surface area contributed by atoms with Gasteiger partial charge in [0.05, 0.1) is 48.8 Å². The van der Waals surface area contributed by atoms with Crippen molar-refractivity contribution in [2.75, 3.05) is 54.9 Å². The molecule has 0 heterocycles. The van der Waals surface area contributed by atoms with Gasteiger partial charge in [0.1, 0.15) is 0 Å². The molecule has 0 saturated heterocycles. The summed E-state index contributed by atoms with van der Waals surface area (Å²) >= 11 is 0. The van der Waals surface area contributed by atoms with E-state index in [2.05, 4.69) is 0 Å². The second-order valence-corrected chi connectivity index (χ2v) is 9.13. The Labute approximate surface area is 219 Å². The third-order valence-electron chi connectivity index (χ3n) is 4.87. The molecule has 0 bridgehead atoms. The summed E-state index contributed by atoms with van der Waals surface area (Å²) < 4.78 is 19.0. The fourth-order valence-corrected chi connectivity index (χ4v) is 1.65. The van der Waals surface area contributed by atoms with E-state index in [9.17, 15) is 20.4 Å². The quantitative estimate of drug-likeness (QED) is 0.290. The predicted molar refractivity (Wildman–Crippen MR) is 131 cm³/mol. The molecule has 0 amide bonds. The molecule has 0 aromatic rings. The van der Waals surface area contributed by atoms with Crippen LogP contribution in [-0.2, 0) is 40.7 Å². The van der Waals surface area contributed by atoms with Crippen molar-refractivity contribution in [2.24, 2.45) is 0 Å².